The van der Waals surface area contributed by atoms with Crippen molar-refractivity contribution in [3.05, 3.63) is 60.4 Å². The number of carbonyl (C=O) groups excluding carboxylic acids is 2. The van der Waals surface area contributed by atoms with Gasteiger partial charge in [-0.25, -0.2) is 0 Å². The van der Waals surface area contributed by atoms with E-state index in [1.165, 1.54) is 4.57 Å². The van der Waals surface area contributed by atoms with Gasteiger partial charge in [0, 0.05) is 24.5 Å². The van der Waals surface area contributed by atoms with Crippen LogP contribution in [-0.2, 0) is 0 Å². The van der Waals surface area contributed by atoms with Gasteiger partial charge in [-0.1, -0.05) is 31.5 Å². The highest BCUT2D eigenvalue weighted by Crippen LogP contribution is 2.07. The Morgan fingerprint density at radius 1 is 1.05 bits per heavy atom. The first-order chi connectivity index (χ1) is 10.2. The van der Waals surface area contributed by atoms with Crippen LogP contribution in [0.15, 0.2) is 54.9 Å². The van der Waals surface area contributed by atoms with Crippen LogP contribution in [-0.4, -0.2) is 34.4 Å². The molecule has 110 valence electrons. The molecule has 0 N–H and O–H groups in total. The van der Waals surface area contributed by atoms with E-state index in [-0.39, 0.29) is 18.4 Å². The van der Waals surface area contributed by atoms with Crippen LogP contribution < -0.4 is 0 Å². The Labute approximate surface area is 125 Å². The number of benzene rings is 1. The molecule has 1 aromatic heterocycles. The summed E-state index contributed by atoms with van der Waals surface area (Å²) in [7, 11) is 0. The molecular weight excluding hydrogens is 264 g/mol. The van der Waals surface area contributed by atoms with Crippen LogP contribution in [0.3, 0.4) is 0 Å². The third-order valence-electron chi connectivity index (χ3n) is 3.31. The van der Waals surface area contributed by atoms with E-state index in [1.807, 2.05) is 18.2 Å². The van der Waals surface area contributed by atoms with Crippen molar-refractivity contribution in [1.29, 1.82) is 0 Å². The quantitative estimate of drug-likeness (QED) is 0.818. The molecule has 0 bridgehead atoms. The molecule has 1 heterocycles. The summed E-state index contributed by atoms with van der Waals surface area (Å²) in [6, 6.07) is 12.7. The summed E-state index contributed by atoms with van der Waals surface area (Å²) in [5.74, 6) is -0.190. The molecule has 0 aliphatic rings. The lowest BCUT2D eigenvalue weighted by atomic mass is 10.2. The Balaban J connectivity index is 2.10. The topological polar surface area (TPSA) is 42.3 Å². The van der Waals surface area contributed by atoms with Crippen molar-refractivity contribution >= 4 is 11.8 Å². The Hall–Kier alpha value is -2.36. The minimum Gasteiger partial charge on any atom is -0.329 e. The van der Waals surface area contributed by atoms with Gasteiger partial charge >= 0.3 is 0 Å². The van der Waals surface area contributed by atoms with Crippen LogP contribution in [0, 0.1) is 0 Å². The summed E-state index contributed by atoms with van der Waals surface area (Å²) in [6.45, 7) is 2.76. The van der Waals surface area contributed by atoms with Gasteiger partial charge in [0.15, 0.2) is 0 Å². The number of unbranched alkanes of at least 4 members (excludes halogenated alkanes) is 1. The van der Waals surface area contributed by atoms with Crippen molar-refractivity contribution in [2.45, 2.75) is 19.8 Å². The second kappa shape index (κ2) is 7.43. The highest BCUT2D eigenvalue weighted by Gasteiger charge is 2.18. The molecule has 4 heteroatoms. The van der Waals surface area contributed by atoms with Crippen molar-refractivity contribution in [2.24, 2.45) is 0 Å². The van der Waals surface area contributed by atoms with E-state index in [2.05, 4.69) is 6.92 Å². The van der Waals surface area contributed by atoms with Crippen LogP contribution in [0.5, 0.6) is 0 Å². The van der Waals surface area contributed by atoms with Gasteiger partial charge in [0.25, 0.3) is 5.91 Å². The number of nitrogens with zero attached hydrogens (tertiary/aromatic N) is 2. The highest BCUT2D eigenvalue weighted by atomic mass is 16.2. The van der Waals surface area contributed by atoms with Crippen molar-refractivity contribution in [3.8, 4) is 0 Å². The molecule has 4 nitrogen and oxygen atoms in total. The fraction of sp³-hybridized carbons (Fsp3) is 0.294. The predicted octanol–water partition coefficient (Wildman–Crippen LogP) is 3.07. The van der Waals surface area contributed by atoms with E-state index in [0.29, 0.717) is 12.1 Å². The largest absolute Gasteiger partial charge is 0.329 e. The van der Waals surface area contributed by atoms with Gasteiger partial charge < -0.3 is 4.90 Å². The lowest BCUT2D eigenvalue weighted by Crippen LogP contribution is -2.38. The molecule has 1 aromatic carbocycles. The molecular formula is C17H20N2O2. The minimum atomic E-state index is -0.0969. The number of carbonyl (C=O) groups is 2. The van der Waals surface area contributed by atoms with Crippen LogP contribution in [0.25, 0.3) is 0 Å². The number of rotatable bonds is 6. The summed E-state index contributed by atoms with van der Waals surface area (Å²) in [6.07, 6.45) is 5.27. The van der Waals surface area contributed by atoms with E-state index in [4.69, 9.17) is 0 Å². The molecule has 0 aliphatic heterocycles. The summed E-state index contributed by atoms with van der Waals surface area (Å²) in [5, 5.41) is 0. The summed E-state index contributed by atoms with van der Waals surface area (Å²) in [5.41, 5.74) is 0.619. The normalized spacial score (nSPS) is 10.3. The second-order valence-corrected chi connectivity index (χ2v) is 4.93. The summed E-state index contributed by atoms with van der Waals surface area (Å²) in [4.78, 5) is 26.3. The van der Waals surface area contributed by atoms with E-state index >= 15 is 0 Å². The Morgan fingerprint density at radius 3 is 2.33 bits per heavy atom. The van der Waals surface area contributed by atoms with Gasteiger partial charge in [0.1, 0.15) is 6.54 Å². The van der Waals surface area contributed by atoms with Crippen LogP contribution in [0.1, 0.15) is 34.9 Å². The van der Waals surface area contributed by atoms with Gasteiger partial charge in [0.05, 0.1) is 0 Å². The average molecular weight is 284 g/mol. The maximum Gasteiger partial charge on any atom is 0.254 e. The van der Waals surface area contributed by atoms with Crippen LogP contribution >= 0.6 is 0 Å². The molecule has 0 radical (unpaired) electrons. The number of aromatic nitrogens is 1. The van der Waals surface area contributed by atoms with Crippen molar-refractivity contribution < 1.29 is 9.59 Å². The number of hydrogen-bond donors (Lipinski definition) is 0. The zero-order valence-electron chi connectivity index (χ0n) is 12.2. The van der Waals surface area contributed by atoms with E-state index in [1.54, 1.807) is 41.6 Å². The Morgan fingerprint density at radius 2 is 1.71 bits per heavy atom. The molecule has 0 saturated carbocycles. The molecule has 0 atom stereocenters. The smallest absolute Gasteiger partial charge is 0.254 e. The molecule has 0 spiro atoms. The first-order valence-corrected chi connectivity index (χ1v) is 7.23. The fourth-order valence-corrected chi connectivity index (χ4v) is 2.11. The second-order valence-electron chi connectivity index (χ2n) is 4.93. The maximum absolute atomic E-state index is 12.5. The van der Waals surface area contributed by atoms with Crippen molar-refractivity contribution in [3.63, 3.8) is 0 Å². The van der Waals surface area contributed by atoms with Gasteiger partial charge in [-0.3, -0.25) is 14.2 Å². The molecule has 0 fully saturated rings. The van der Waals surface area contributed by atoms with Crippen LogP contribution in [0.2, 0.25) is 0 Å². The molecule has 2 rings (SSSR count). The van der Waals surface area contributed by atoms with E-state index in [9.17, 15) is 9.59 Å². The molecule has 0 unspecified atom stereocenters. The van der Waals surface area contributed by atoms with Crippen LogP contribution in [0.4, 0.5) is 0 Å². The van der Waals surface area contributed by atoms with Gasteiger partial charge in [-0.2, -0.15) is 0 Å². The zero-order valence-corrected chi connectivity index (χ0v) is 12.2. The summed E-state index contributed by atoms with van der Waals surface area (Å²) >= 11 is 0. The maximum atomic E-state index is 12.5. The summed E-state index contributed by atoms with van der Waals surface area (Å²) < 4.78 is 1.51. The molecule has 0 aliphatic carbocycles. The van der Waals surface area contributed by atoms with Gasteiger partial charge in [-0.05, 0) is 30.7 Å². The molecule has 21 heavy (non-hydrogen) atoms. The lowest BCUT2D eigenvalue weighted by Gasteiger charge is -2.22. The molecule has 0 saturated heterocycles. The Kier molecular flexibility index (Phi) is 5.32. The first-order valence-electron chi connectivity index (χ1n) is 7.23. The zero-order chi connectivity index (χ0) is 15.1. The monoisotopic (exact) mass is 284 g/mol. The van der Waals surface area contributed by atoms with Gasteiger partial charge in [-0.15, -0.1) is 0 Å². The third kappa shape index (κ3) is 4.05. The molecule has 1 amide bonds. The predicted molar refractivity (Wildman–Crippen MR) is 82.3 cm³/mol. The fourth-order valence-electron chi connectivity index (χ4n) is 2.11. The highest BCUT2D eigenvalue weighted by molar-refractivity contribution is 5.96. The third-order valence-corrected chi connectivity index (χ3v) is 3.31. The number of hydrogen-bond acceptors (Lipinski definition) is 2. The van der Waals surface area contributed by atoms with E-state index in [0.717, 1.165) is 12.8 Å². The molecule has 2 aromatic rings. The van der Waals surface area contributed by atoms with E-state index < -0.39 is 0 Å². The Bertz CT molecular complexity index is 576. The van der Waals surface area contributed by atoms with Crippen molar-refractivity contribution in [1.82, 2.24) is 9.47 Å². The van der Waals surface area contributed by atoms with Crippen molar-refractivity contribution in [2.75, 3.05) is 13.1 Å². The number of amides is 1. The standard InChI is InChI=1S/C17H20N2O2/c1-2-3-11-19(14-16(20)18-12-7-8-13-18)17(21)15-9-5-4-6-10-15/h4-10,12-13H,2-3,11,14H2,1H3. The van der Waals surface area contributed by atoms with Gasteiger partial charge in [0.2, 0.25) is 5.91 Å². The first kappa shape index (κ1) is 15.0. The lowest BCUT2D eigenvalue weighted by molar-refractivity contribution is 0.0679. The minimum absolute atomic E-state index is 0.0930. The SMILES string of the molecule is CCCCN(CC(=O)n1cccc1)C(=O)c1ccccc1. The average Bonchev–Trinajstić information content (AvgIpc) is 3.06.